The third-order valence-electron chi connectivity index (χ3n) is 2.04. The van der Waals surface area contributed by atoms with Crippen LogP contribution in [0.5, 0.6) is 0 Å². The molecule has 0 radical (unpaired) electrons. The SMILES string of the molecule is CC(N)c1cccc(SCC(O)CO)c1. The molecular formula is C11H17NO2S. The summed E-state index contributed by atoms with van der Waals surface area (Å²) < 4.78 is 0. The van der Waals surface area contributed by atoms with Gasteiger partial charge < -0.3 is 15.9 Å². The van der Waals surface area contributed by atoms with Crippen molar-refractivity contribution in [3.63, 3.8) is 0 Å². The molecule has 4 N–H and O–H groups in total. The quantitative estimate of drug-likeness (QED) is 0.660. The van der Waals surface area contributed by atoms with Crippen LogP contribution < -0.4 is 5.73 Å². The van der Waals surface area contributed by atoms with Crippen molar-refractivity contribution in [1.82, 2.24) is 0 Å². The highest BCUT2D eigenvalue weighted by atomic mass is 32.2. The van der Waals surface area contributed by atoms with E-state index >= 15 is 0 Å². The molecule has 2 atom stereocenters. The van der Waals surface area contributed by atoms with E-state index in [0.717, 1.165) is 10.5 Å². The van der Waals surface area contributed by atoms with E-state index in [1.165, 1.54) is 11.8 Å². The van der Waals surface area contributed by atoms with Crippen LogP contribution in [0.15, 0.2) is 29.2 Å². The fourth-order valence-electron chi connectivity index (χ4n) is 1.13. The summed E-state index contributed by atoms with van der Waals surface area (Å²) in [6.45, 7) is 1.74. The molecule has 4 heteroatoms. The Bertz CT molecular complexity index is 304. The predicted octanol–water partition coefficient (Wildman–Crippen LogP) is 1.15. The van der Waals surface area contributed by atoms with Crippen molar-refractivity contribution in [3.05, 3.63) is 29.8 Å². The van der Waals surface area contributed by atoms with Gasteiger partial charge in [0.2, 0.25) is 0 Å². The maximum absolute atomic E-state index is 9.20. The van der Waals surface area contributed by atoms with Crippen molar-refractivity contribution < 1.29 is 10.2 Å². The Hall–Kier alpha value is -0.550. The fourth-order valence-corrected chi connectivity index (χ4v) is 2.02. The first-order valence-corrected chi connectivity index (χ1v) is 5.89. The third-order valence-corrected chi connectivity index (χ3v) is 3.18. The zero-order valence-corrected chi connectivity index (χ0v) is 9.57. The van der Waals surface area contributed by atoms with Crippen molar-refractivity contribution in [3.8, 4) is 0 Å². The summed E-state index contributed by atoms with van der Waals surface area (Å²) in [6.07, 6.45) is -0.658. The standard InChI is InChI=1S/C11H17NO2S/c1-8(12)9-3-2-4-11(5-9)15-7-10(14)6-13/h2-5,8,10,13-14H,6-7,12H2,1H3. The Morgan fingerprint density at radius 3 is 2.80 bits per heavy atom. The molecule has 0 bridgehead atoms. The molecule has 0 aliphatic carbocycles. The van der Waals surface area contributed by atoms with Gasteiger partial charge in [-0.25, -0.2) is 0 Å². The molecule has 1 aromatic rings. The van der Waals surface area contributed by atoms with Gasteiger partial charge in [-0.15, -0.1) is 11.8 Å². The zero-order chi connectivity index (χ0) is 11.3. The number of hydrogen-bond acceptors (Lipinski definition) is 4. The maximum atomic E-state index is 9.20. The molecule has 3 nitrogen and oxygen atoms in total. The van der Waals surface area contributed by atoms with Crippen LogP contribution in [-0.2, 0) is 0 Å². The first-order valence-electron chi connectivity index (χ1n) is 4.90. The van der Waals surface area contributed by atoms with Crippen LogP contribution in [0, 0.1) is 0 Å². The highest BCUT2D eigenvalue weighted by molar-refractivity contribution is 7.99. The topological polar surface area (TPSA) is 66.5 Å². The summed E-state index contributed by atoms with van der Waals surface area (Å²) in [4.78, 5) is 1.07. The van der Waals surface area contributed by atoms with Gasteiger partial charge in [0.25, 0.3) is 0 Å². The summed E-state index contributed by atoms with van der Waals surface area (Å²) in [5.41, 5.74) is 6.85. The minimum atomic E-state index is -0.658. The number of benzene rings is 1. The lowest BCUT2D eigenvalue weighted by Gasteiger charge is -2.09. The van der Waals surface area contributed by atoms with Crippen molar-refractivity contribution in [2.24, 2.45) is 5.73 Å². The minimum Gasteiger partial charge on any atom is -0.394 e. The molecule has 0 saturated heterocycles. The molecule has 2 unspecified atom stereocenters. The molecule has 0 heterocycles. The number of aliphatic hydroxyl groups excluding tert-OH is 2. The van der Waals surface area contributed by atoms with Crippen molar-refractivity contribution >= 4 is 11.8 Å². The number of hydrogen-bond donors (Lipinski definition) is 3. The number of thioether (sulfide) groups is 1. The Kier molecular flexibility index (Phi) is 5.11. The largest absolute Gasteiger partial charge is 0.394 e. The lowest BCUT2D eigenvalue weighted by molar-refractivity contribution is 0.113. The van der Waals surface area contributed by atoms with Gasteiger partial charge in [0, 0.05) is 16.7 Å². The molecule has 0 spiro atoms. The second kappa shape index (κ2) is 6.12. The van der Waals surface area contributed by atoms with Crippen LogP contribution in [0.3, 0.4) is 0 Å². The first-order chi connectivity index (χ1) is 7.13. The van der Waals surface area contributed by atoms with E-state index in [-0.39, 0.29) is 12.6 Å². The molecule has 0 aliphatic rings. The van der Waals surface area contributed by atoms with Crippen LogP contribution in [-0.4, -0.2) is 28.7 Å². The smallest absolute Gasteiger partial charge is 0.0864 e. The van der Waals surface area contributed by atoms with Crippen LogP contribution in [0.4, 0.5) is 0 Å². The molecule has 0 amide bonds. The Morgan fingerprint density at radius 2 is 2.20 bits per heavy atom. The van der Waals surface area contributed by atoms with Crippen LogP contribution in [0.1, 0.15) is 18.5 Å². The zero-order valence-electron chi connectivity index (χ0n) is 8.76. The molecule has 0 fully saturated rings. The second-order valence-corrected chi connectivity index (χ2v) is 4.60. The predicted molar refractivity (Wildman–Crippen MR) is 62.9 cm³/mol. The van der Waals surface area contributed by atoms with Crippen LogP contribution >= 0.6 is 11.8 Å². The average Bonchev–Trinajstić information content (AvgIpc) is 2.26. The molecule has 15 heavy (non-hydrogen) atoms. The third kappa shape index (κ3) is 4.22. The monoisotopic (exact) mass is 227 g/mol. The van der Waals surface area contributed by atoms with E-state index in [0.29, 0.717) is 5.75 Å². The van der Waals surface area contributed by atoms with Gasteiger partial charge >= 0.3 is 0 Å². The number of aliphatic hydroxyl groups is 2. The number of rotatable bonds is 5. The average molecular weight is 227 g/mol. The summed E-state index contributed by atoms with van der Waals surface area (Å²) in [5, 5.41) is 17.9. The minimum absolute atomic E-state index is 0.0216. The van der Waals surface area contributed by atoms with Crippen molar-refractivity contribution in [2.75, 3.05) is 12.4 Å². The summed E-state index contributed by atoms with van der Waals surface area (Å²) >= 11 is 1.52. The van der Waals surface area contributed by atoms with E-state index in [9.17, 15) is 5.11 Å². The molecule has 1 aromatic carbocycles. The normalized spacial score (nSPS) is 14.9. The van der Waals surface area contributed by atoms with E-state index in [1.54, 1.807) is 0 Å². The maximum Gasteiger partial charge on any atom is 0.0864 e. The first kappa shape index (κ1) is 12.5. The van der Waals surface area contributed by atoms with Gasteiger partial charge in [-0.3, -0.25) is 0 Å². The molecule has 0 saturated carbocycles. The highest BCUT2D eigenvalue weighted by Gasteiger charge is 2.04. The van der Waals surface area contributed by atoms with Gasteiger partial charge in [-0.05, 0) is 24.6 Å². The van der Waals surface area contributed by atoms with Crippen LogP contribution in [0.2, 0.25) is 0 Å². The Balaban J connectivity index is 2.58. The van der Waals surface area contributed by atoms with E-state index in [4.69, 9.17) is 10.8 Å². The van der Waals surface area contributed by atoms with Gasteiger partial charge in [-0.1, -0.05) is 12.1 Å². The molecule has 1 rings (SSSR count). The molecule has 84 valence electrons. The summed E-state index contributed by atoms with van der Waals surface area (Å²) in [5.74, 6) is 0.499. The molecule has 0 aromatic heterocycles. The fraction of sp³-hybridized carbons (Fsp3) is 0.455. The highest BCUT2D eigenvalue weighted by Crippen LogP contribution is 2.22. The summed E-state index contributed by atoms with van der Waals surface area (Å²) in [6, 6.07) is 7.94. The van der Waals surface area contributed by atoms with Gasteiger partial charge in [0.1, 0.15) is 0 Å². The lowest BCUT2D eigenvalue weighted by atomic mass is 10.1. The van der Waals surface area contributed by atoms with Crippen molar-refractivity contribution in [1.29, 1.82) is 0 Å². The van der Waals surface area contributed by atoms with Gasteiger partial charge in [0.05, 0.1) is 12.7 Å². The molecule has 0 aliphatic heterocycles. The molecular weight excluding hydrogens is 210 g/mol. The van der Waals surface area contributed by atoms with E-state index in [1.807, 2.05) is 31.2 Å². The van der Waals surface area contributed by atoms with Gasteiger partial charge in [-0.2, -0.15) is 0 Å². The van der Waals surface area contributed by atoms with Gasteiger partial charge in [0.15, 0.2) is 0 Å². The van der Waals surface area contributed by atoms with E-state index < -0.39 is 6.10 Å². The lowest BCUT2D eigenvalue weighted by Crippen LogP contribution is -2.14. The van der Waals surface area contributed by atoms with E-state index in [2.05, 4.69) is 0 Å². The Labute approximate surface area is 94.3 Å². The number of nitrogens with two attached hydrogens (primary N) is 1. The second-order valence-electron chi connectivity index (χ2n) is 3.51. The summed E-state index contributed by atoms with van der Waals surface area (Å²) in [7, 11) is 0. The van der Waals surface area contributed by atoms with Crippen molar-refractivity contribution in [2.45, 2.75) is 24.0 Å². The van der Waals surface area contributed by atoms with Crippen LogP contribution in [0.25, 0.3) is 0 Å². The Morgan fingerprint density at radius 1 is 1.47 bits per heavy atom.